The SMILES string of the molecule is Cc1cc(Cl)ccc1Oc1ncccc1[N+](=O)[O-]. The van der Waals surface area contributed by atoms with E-state index in [2.05, 4.69) is 4.98 Å². The number of pyridine rings is 1. The first kappa shape index (κ1) is 12.3. The van der Waals surface area contributed by atoms with Gasteiger partial charge in [0.2, 0.25) is 0 Å². The Morgan fingerprint density at radius 1 is 1.39 bits per heavy atom. The fourth-order valence-electron chi connectivity index (χ4n) is 1.43. The summed E-state index contributed by atoms with van der Waals surface area (Å²) >= 11 is 5.82. The number of benzene rings is 1. The monoisotopic (exact) mass is 264 g/mol. The van der Waals surface area contributed by atoms with Crippen LogP contribution in [-0.2, 0) is 0 Å². The predicted octanol–water partition coefficient (Wildman–Crippen LogP) is 3.74. The molecule has 2 aromatic rings. The Morgan fingerprint density at radius 2 is 2.17 bits per heavy atom. The summed E-state index contributed by atoms with van der Waals surface area (Å²) in [4.78, 5) is 14.1. The lowest BCUT2D eigenvalue weighted by Gasteiger charge is -2.07. The van der Waals surface area contributed by atoms with Gasteiger partial charge in [-0.3, -0.25) is 10.1 Å². The molecule has 0 amide bonds. The predicted molar refractivity (Wildman–Crippen MR) is 67.2 cm³/mol. The molecule has 0 radical (unpaired) electrons. The van der Waals surface area contributed by atoms with E-state index in [1.165, 1.54) is 18.3 Å². The molecule has 0 aliphatic heterocycles. The largest absolute Gasteiger partial charge is 0.433 e. The van der Waals surface area contributed by atoms with Crippen molar-refractivity contribution in [2.75, 3.05) is 0 Å². The number of ether oxygens (including phenoxy) is 1. The van der Waals surface area contributed by atoms with Crippen LogP contribution in [0.15, 0.2) is 36.5 Å². The van der Waals surface area contributed by atoms with Crippen LogP contribution in [0, 0.1) is 17.0 Å². The Labute approximate surface area is 108 Å². The summed E-state index contributed by atoms with van der Waals surface area (Å²) in [7, 11) is 0. The molecular weight excluding hydrogens is 256 g/mol. The molecule has 92 valence electrons. The Morgan fingerprint density at radius 3 is 2.83 bits per heavy atom. The van der Waals surface area contributed by atoms with Gasteiger partial charge >= 0.3 is 5.69 Å². The van der Waals surface area contributed by atoms with Gasteiger partial charge in [-0.15, -0.1) is 0 Å². The Bertz CT molecular complexity index is 602. The lowest BCUT2D eigenvalue weighted by molar-refractivity contribution is -0.386. The molecule has 0 fully saturated rings. The lowest BCUT2D eigenvalue weighted by Crippen LogP contribution is -1.96. The van der Waals surface area contributed by atoms with Crippen LogP contribution in [0.4, 0.5) is 5.69 Å². The summed E-state index contributed by atoms with van der Waals surface area (Å²) in [5.41, 5.74) is 0.606. The zero-order valence-corrected chi connectivity index (χ0v) is 10.2. The Balaban J connectivity index is 2.37. The molecular formula is C12H9ClN2O3. The van der Waals surface area contributed by atoms with Crippen molar-refractivity contribution < 1.29 is 9.66 Å². The number of rotatable bonds is 3. The highest BCUT2D eigenvalue weighted by Gasteiger charge is 2.17. The summed E-state index contributed by atoms with van der Waals surface area (Å²) < 4.78 is 5.45. The van der Waals surface area contributed by atoms with Crippen molar-refractivity contribution in [3.63, 3.8) is 0 Å². The van der Waals surface area contributed by atoms with Crippen LogP contribution in [0.3, 0.4) is 0 Å². The van der Waals surface area contributed by atoms with E-state index >= 15 is 0 Å². The summed E-state index contributed by atoms with van der Waals surface area (Å²) in [5.74, 6) is 0.453. The van der Waals surface area contributed by atoms with Gasteiger partial charge in [0.1, 0.15) is 5.75 Å². The number of nitrogens with zero attached hydrogens (tertiary/aromatic N) is 2. The first-order valence-corrected chi connectivity index (χ1v) is 5.49. The van der Waals surface area contributed by atoms with E-state index < -0.39 is 4.92 Å². The van der Waals surface area contributed by atoms with Crippen molar-refractivity contribution in [3.05, 3.63) is 57.2 Å². The highest BCUT2D eigenvalue weighted by Crippen LogP contribution is 2.31. The number of halogens is 1. The highest BCUT2D eigenvalue weighted by molar-refractivity contribution is 6.30. The third-order valence-corrected chi connectivity index (χ3v) is 2.53. The molecule has 2 rings (SSSR count). The van der Waals surface area contributed by atoms with Gasteiger partial charge in [-0.05, 0) is 36.8 Å². The third-order valence-electron chi connectivity index (χ3n) is 2.29. The quantitative estimate of drug-likeness (QED) is 0.626. The fraction of sp³-hybridized carbons (Fsp3) is 0.0833. The zero-order chi connectivity index (χ0) is 13.1. The van der Waals surface area contributed by atoms with Crippen LogP contribution < -0.4 is 4.74 Å². The number of nitro groups is 1. The van der Waals surface area contributed by atoms with Crippen LogP contribution in [0.1, 0.15) is 5.56 Å². The first-order valence-electron chi connectivity index (χ1n) is 5.11. The molecule has 5 nitrogen and oxygen atoms in total. The molecule has 0 saturated carbocycles. The Kier molecular flexibility index (Phi) is 3.43. The molecule has 0 atom stereocenters. The second-order valence-electron chi connectivity index (χ2n) is 3.60. The maximum Gasteiger partial charge on any atom is 0.331 e. The maximum absolute atomic E-state index is 10.8. The average molecular weight is 265 g/mol. The summed E-state index contributed by atoms with van der Waals surface area (Å²) in [6.45, 7) is 1.80. The van der Waals surface area contributed by atoms with E-state index in [1.54, 1.807) is 25.1 Å². The van der Waals surface area contributed by atoms with Crippen molar-refractivity contribution >= 4 is 17.3 Å². The van der Waals surface area contributed by atoms with Crippen LogP contribution in [0.5, 0.6) is 11.6 Å². The summed E-state index contributed by atoms with van der Waals surface area (Å²) in [6, 6.07) is 7.84. The molecule has 1 heterocycles. The van der Waals surface area contributed by atoms with Gasteiger partial charge < -0.3 is 4.74 Å². The minimum absolute atomic E-state index is 0.0343. The van der Waals surface area contributed by atoms with Gasteiger partial charge in [-0.2, -0.15) is 0 Å². The number of aromatic nitrogens is 1. The van der Waals surface area contributed by atoms with E-state index in [1.807, 2.05) is 0 Å². The smallest absolute Gasteiger partial charge is 0.331 e. The molecule has 1 aromatic carbocycles. The molecule has 0 aliphatic carbocycles. The molecule has 0 saturated heterocycles. The van der Waals surface area contributed by atoms with Crippen molar-refractivity contribution in [2.24, 2.45) is 0 Å². The molecule has 18 heavy (non-hydrogen) atoms. The van der Waals surface area contributed by atoms with E-state index in [0.717, 1.165) is 5.56 Å². The van der Waals surface area contributed by atoms with Gasteiger partial charge in [-0.1, -0.05) is 11.6 Å². The van der Waals surface area contributed by atoms with Crippen LogP contribution in [0.2, 0.25) is 5.02 Å². The van der Waals surface area contributed by atoms with Gasteiger partial charge in [0.05, 0.1) is 4.92 Å². The number of hydrogen-bond donors (Lipinski definition) is 0. The van der Waals surface area contributed by atoms with E-state index in [-0.39, 0.29) is 11.6 Å². The molecule has 0 spiro atoms. The lowest BCUT2D eigenvalue weighted by atomic mass is 10.2. The molecule has 6 heteroatoms. The first-order chi connectivity index (χ1) is 8.58. The number of aryl methyl sites for hydroxylation is 1. The summed E-state index contributed by atoms with van der Waals surface area (Å²) in [6.07, 6.45) is 1.44. The van der Waals surface area contributed by atoms with Crippen molar-refractivity contribution in [1.29, 1.82) is 0 Å². The van der Waals surface area contributed by atoms with Gasteiger partial charge in [0, 0.05) is 17.3 Å². The van der Waals surface area contributed by atoms with E-state index in [0.29, 0.717) is 10.8 Å². The molecule has 0 bridgehead atoms. The third kappa shape index (κ3) is 2.57. The molecule has 0 unspecified atom stereocenters. The van der Waals surface area contributed by atoms with Crippen molar-refractivity contribution in [3.8, 4) is 11.6 Å². The van der Waals surface area contributed by atoms with Crippen LogP contribution in [-0.4, -0.2) is 9.91 Å². The Hall–Kier alpha value is -2.14. The highest BCUT2D eigenvalue weighted by atomic mass is 35.5. The fourth-order valence-corrected chi connectivity index (χ4v) is 1.66. The minimum Gasteiger partial charge on any atom is -0.433 e. The van der Waals surface area contributed by atoms with Crippen LogP contribution in [0.25, 0.3) is 0 Å². The van der Waals surface area contributed by atoms with Gasteiger partial charge in [0.15, 0.2) is 0 Å². The van der Waals surface area contributed by atoms with Crippen LogP contribution >= 0.6 is 11.6 Å². The minimum atomic E-state index is -0.534. The van der Waals surface area contributed by atoms with Gasteiger partial charge in [0.25, 0.3) is 5.88 Å². The second kappa shape index (κ2) is 5.01. The number of hydrogen-bond acceptors (Lipinski definition) is 4. The zero-order valence-electron chi connectivity index (χ0n) is 9.46. The second-order valence-corrected chi connectivity index (χ2v) is 4.03. The maximum atomic E-state index is 10.8. The topological polar surface area (TPSA) is 65.3 Å². The van der Waals surface area contributed by atoms with Crippen molar-refractivity contribution in [2.45, 2.75) is 6.92 Å². The normalized spacial score (nSPS) is 10.1. The average Bonchev–Trinajstić information content (AvgIpc) is 2.33. The molecule has 0 aliphatic rings. The summed E-state index contributed by atoms with van der Waals surface area (Å²) in [5, 5.41) is 11.4. The van der Waals surface area contributed by atoms with Crippen molar-refractivity contribution in [1.82, 2.24) is 4.98 Å². The standard InChI is InChI=1S/C12H9ClN2O3/c1-8-7-9(13)4-5-11(8)18-12-10(15(16)17)3-2-6-14-12/h2-7H,1H3. The molecule has 0 N–H and O–H groups in total. The van der Waals surface area contributed by atoms with Gasteiger partial charge in [-0.25, -0.2) is 4.98 Å². The van der Waals surface area contributed by atoms with E-state index in [4.69, 9.17) is 16.3 Å². The van der Waals surface area contributed by atoms with E-state index in [9.17, 15) is 10.1 Å². The molecule has 1 aromatic heterocycles.